The summed E-state index contributed by atoms with van der Waals surface area (Å²) in [5, 5.41) is 8.36. The maximum absolute atomic E-state index is 14.0. The molecule has 0 bridgehead atoms. The number of halogens is 1. The molecule has 188 valence electrons. The van der Waals surface area contributed by atoms with Crippen LogP contribution in [0.25, 0.3) is 21.3 Å². The minimum Gasteiger partial charge on any atom is -0.493 e. The minimum absolute atomic E-state index is 0.0685. The molecule has 0 aliphatic heterocycles. The average Bonchev–Trinajstić information content (AvgIpc) is 3.48. The van der Waals surface area contributed by atoms with Gasteiger partial charge in [0, 0.05) is 27.8 Å². The van der Waals surface area contributed by atoms with E-state index in [0.29, 0.717) is 27.3 Å². The van der Waals surface area contributed by atoms with Gasteiger partial charge in [0.2, 0.25) is 0 Å². The number of ether oxygens (including phenoxy) is 2. The number of carboxylic acid groups (broad SMARTS) is 1. The summed E-state index contributed by atoms with van der Waals surface area (Å²) < 4.78 is 53.3. The molecule has 1 unspecified atom stereocenters. The van der Waals surface area contributed by atoms with Gasteiger partial charge in [-0.1, -0.05) is 6.08 Å². The predicted octanol–water partition coefficient (Wildman–Crippen LogP) is 5.65. The van der Waals surface area contributed by atoms with Crippen molar-refractivity contribution in [1.82, 2.24) is 3.97 Å². The molecule has 4 rings (SSSR count). The average molecular weight is 530 g/mol. The van der Waals surface area contributed by atoms with Crippen molar-refractivity contribution in [3.8, 4) is 21.9 Å². The smallest absolute Gasteiger partial charge is 0.303 e. The Morgan fingerprint density at radius 3 is 2.56 bits per heavy atom. The van der Waals surface area contributed by atoms with E-state index in [2.05, 4.69) is 6.58 Å². The van der Waals surface area contributed by atoms with Crippen molar-refractivity contribution in [3.63, 3.8) is 0 Å². The fraction of sp³-hybridized carbons (Fsp3) is 0.192. The lowest BCUT2D eigenvalue weighted by molar-refractivity contribution is -0.136. The third-order valence-corrected chi connectivity index (χ3v) is 9.11. The molecule has 0 fully saturated rings. The number of carbonyl (C=O) groups is 1. The van der Waals surface area contributed by atoms with Crippen molar-refractivity contribution in [3.05, 3.63) is 83.6 Å². The van der Waals surface area contributed by atoms with Crippen LogP contribution in [-0.4, -0.2) is 37.7 Å². The summed E-state index contributed by atoms with van der Waals surface area (Å²) >= 11 is 1.30. The van der Waals surface area contributed by atoms with Gasteiger partial charge in [0.15, 0.2) is 11.5 Å². The summed E-state index contributed by atoms with van der Waals surface area (Å²) in [6.07, 6.45) is 2.59. The van der Waals surface area contributed by atoms with E-state index in [1.165, 1.54) is 41.8 Å². The fourth-order valence-electron chi connectivity index (χ4n) is 4.05. The summed E-state index contributed by atoms with van der Waals surface area (Å²) in [7, 11) is -0.969. The number of carboxylic acids is 1. The van der Waals surface area contributed by atoms with Gasteiger partial charge in [-0.15, -0.1) is 17.9 Å². The maximum Gasteiger partial charge on any atom is 0.303 e. The number of thiophene rings is 1. The lowest BCUT2D eigenvalue weighted by Gasteiger charge is -2.14. The van der Waals surface area contributed by atoms with Gasteiger partial charge in [0.1, 0.15) is 11.1 Å². The van der Waals surface area contributed by atoms with Crippen LogP contribution in [-0.2, 0) is 21.2 Å². The van der Waals surface area contributed by atoms with Crippen LogP contribution in [0, 0.1) is 5.82 Å². The van der Waals surface area contributed by atoms with Crippen LogP contribution in [0.4, 0.5) is 4.39 Å². The molecule has 1 N–H and O–H groups in total. The zero-order valence-electron chi connectivity index (χ0n) is 19.6. The van der Waals surface area contributed by atoms with Gasteiger partial charge in [-0.25, -0.2) is 16.8 Å². The largest absolute Gasteiger partial charge is 0.493 e. The van der Waals surface area contributed by atoms with E-state index in [1.807, 2.05) is 18.2 Å². The van der Waals surface area contributed by atoms with Gasteiger partial charge in [-0.05, 0) is 66.1 Å². The number of fused-ring (bicyclic) bond motifs is 1. The summed E-state index contributed by atoms with van der Waals surface area (Å²) in [4.78, 5) is 12.5. The van der Waals surface area contributed by atoms with Crippen LogP contribution >= 0.6 is 11.3 Å². The molecule has 2 heterocycles. The second-order valence-corrected chi connectivity index (χ2v) is 11.0. The highest BCUT2D eigenvalue weighted by Gasteiger charge is 2.30. The molecule has 36 heavy (non-hydrogen) atoms. The summed E-state index contributed by atoms with van der Waals surface area (Å²) in [5.74, 6) is -0.426. The Morgan fingerprint density at radius 1 is 1.14 bits per heavy atom. The van der Waals surface area contributed by atoms with Gasteiger partial charge >= 0.3 is 5.97 Å². The molecule has 0 aliphatic rings. The highest BCUT2D eigenvalue weighted by Crippen LogP contribution is 2.40. The van der Waals surface area contributed by atoms with E-state index < -0.39 is 27.1 Å². The molecule has 2 aromatic heterocycles. The van der Waals surface area contributed by atoms with E-state index in [0.717, 1.165) is 14.4 Å². The highest BCUT2D eigenvalue weighted by atomic mass is 32.2. The molecule has 0 saturated carbocycles. The minimum atomic E-state index is -4.06. The van der Waals surface area contributed by atoms with Gasteiger partial charge < -0.3 is 14.6 Å². The third kappa shape index (κ3) is 4.74. The number of methoxy groups -OCH3 is 2. The van der Waals surface area contributed by atoms with Crippen LogP contribution in [0.5, 0.6) is 11.5 Å². The molecule has 7 nitrogen and oxygen atoms in total. The summed E-state index contributed by atoms with van der Waals surface area (Å²) in [6.45, 7) is 3.76. The Hall–Kier alpha value is -3.63. The molecule has 4 aromatic rings. The van der Waals surface area contributed by atoms with E-state index in [4.69, 9.17) is 14.6 Å². The lowest BCUT2D eigenvalue weighted by Crippen LogP contribution is -2.18. The Morgan fingerprint density at radius 2 is 1.89 bits per heavy atom. The zero-order valence-corrected chi connectivity index (χ0v) is 21.2. The van der Waals surface area contributed by atoms with Gasteiger partial charge in [0.05, 0.1) is 19.7 Å². The van der Waals surface area contributed by atoms with Gasteiger partial charge in [-0.2, -0.15) is 0 Å². The lowest BCUT2D eigenvalue weighted by atomic mass is 10.1. The number of hydrogen-bond acceptors (Lipinski definition) is 6. The number of benzene rings is 2. The Balaban J connectivity index is 1.76. The molecule has 0 aliphatic carbocycles. The first-order chi connectivity index (χ1) is 17.2. The predicted molar refractivity (Wildman–Crippen MR) is 138 cm³/mol. The normalized spacial score (nSPS) is 12.4. The maximum atomic E-state index is 14.0. The molecule has 0 amide bonds. The number of aliphatic carboxylic acids is 1. The Bertz CT molecular complexity index is 1550. The molecular formula is C26H24FNO6S2. The van der Waals surface area contributed by atoms with E-state index in [9.17, 15) is 17.6 Å². The Kier molecular flexibility index (Phi) is 7.18. The van der Waals surface area contributed by atoms with Crippen molar-refractivity contribution in [2.24, 2.45) is 0 Å². The zero-order chi connectivity index (χ0) is 26.0. The number of hydrogen-bond donors (Lipinski definition) is 1. The van der Waals surface area contributed by atoms with Crippen LogP contribution in [0.3, 0.4) is 0 Å². The third-order valence-electron chi connectivity index (χ3n) is 5.81. The Labute approximate surface area is 212 Å². The second-order valence-electron chi connectivity index (χ2n) is 7.98. The van der Waals surface area contributed by atoms with Crippen LogP contribution in [0.1, 0.15) is 22.1 Å². The standard InChI is InChI=1S/C26H24FNO6S2/c1-4-25(24-11-10-23(35-24)16-5-9-21(33-2)22(13-16)34-3)36(31,32)28-15-17(6-12-26(29)30)19-14-18(27)7-8-20(19)28/h4-5,7-11,13-15,25H,1,6,12H2,2-3H3,(H,29,30). The topological polar surface area (TPSA) is 94.8 Å². The monoisotopic (exact) mass is 529 g/mol. The van der Waals surface area contributed by atoms with Crippen molar-refractivity contribution >= 4 is 38.2 Å². The SMILES string of the molecule is C=CC(c1ccc(-c2ccc(OC)c(OC)c2)s1)S(=O)(=O)n1cc(CCC(=O)O)c2cc(F)ccc21. The van der Waals surface area contributed by atoms with Crippen molar-refractivity contribution in [2.75, 3.05) is 14.2 Å². The molecule has 0 radical (unpaired) electrons. The van der Waals surface area contributed by atoms with Crippen LogP contribution in [0.2, 0.25) is 0 Å². The summed E-state index contributed by atoms with van der Waals surface area (Å²) in [6, 6.07) is 12.8. The number of nitrogens with zero attached hydrogens (tertiary/aromatic N) is 1. The number of aromatic nitrogens is 1. The summed E-state index contributed by atoms with van der Waals surface area (Å²) in [5.41, 5.74) is 1.55. The van der Waals surface area contributed by atoms with Crippen molar-refractivity contribution in [1.29, 1.82) is 0 Å². The molecule has 0 spiro atoms. The van der Waals surface area contributed by atoms with E-state index in [1.54, 1.807) is 26.4 Å². The van der Waals surface area contributed by atoms with E-state index in [-0.39, 0.29) is 18.4 Å². The van der Waals surface area contributed by atoms with Crippen molar-refractivity contribution < 1.29 is 32.2 Å². The second kappa shape index (κ2) is 10.2. The molecular weight excluding hydrogens is 505 g/mol. The number of rotatable bonds is 10. The fourth-order valence-corrected chi connectivity index (χ4v) is 7.11. The first-order valence-electron chi connectivity index (χ1n) is 10.9. The van der Waals surface area contributed by atoms with Crippen LogP contribution < -0.4 is 9.47 Å². The van der Waals surface area contributed by atoms with Crippen LogP contribution in [0.15, 0.2) is 67.4 Å². The van der Waals surface area contributed by atoms with Gasteiger partial charge in [0.25, 0.3) is 10.0 Å². The quantitative estimate of drug-likeness (QED) is 0.267. The molecule has 0 saturated heterocycles. The molecule has 2 aromatic carbocycles. The van der Waals surface area contributed by atoms with Gasteiger partial charge in [-0.3, -0.25) is 4.79 Å². The first-order valence-corrected chi connectivity index (χ1v) is 13.2. The van der Waals surface area contributed by atoms with E-state index >= 15 is 0 Å². The van der Waals surface area contributed by atoms with Crippen molar-refractivity contribution in [2.45, 2.75) is 18.1 Å². The highest BCUT2D eigenvalue weighted by molar-refractivity contribution is 7.90. The molecule has 1 atom stereocenters. The molecule has 10 heteroatoms. The first kappa shape index (κ1) is 25.5. The number of aryl methyl sites for hydroxylation is 1.